The number of para-hydroxylation sites is 2. The number of pyridine rings is 2. The van der Waals surface area contributed by atoms with E-state index in [1.165, 1.54) is 43.5 Å². The molecule has 0 bridgehead atoms. The molecular weight excluding hydrogens is 464 g/mol. The van der Waals surface area contributed by atoms with Crippen LogP contribution in [0.1, 0.15) is 0 Å². The Morgan fingerprint density at radius 1 is 0.474 bits per heavy atom. The molecule has 0 aliphatic carbocycles. The first-order chi connectivity index (χ1) is 18.8. The number of hydrogen-bond acceptors (Lipinski definition) is 2. The molecule has 0 aliphatic heterocycles. The third kappa shape index (κ3) is 3.17. The van der Waals surface area contributed by atoms with Gasteiger partial charge >= 0.3 is 0 Å². The molecule has 0 saturated heterocycles. The first-order valence-corrected chi connectivity index (χ1v) is 12.7. The van der Waals surface area contributed by atoms with Gasteiger partial charge in [0.1, 0.15) is 0 Å². The predicted octanol–water partition coefficient (Wildman–Crippen LogP) is 8.34. The summed E-state index contributed by atoms with van der Waals surface area (Å²) in [6, 6.07) is 40.7. The number of benzene rings is 4. The molecule has 0 saturated carbocycles. The lowest BCUT2D eigenvalue weighted by Gasteiger charge is -2.10. The Kier molecular flexibility index (Phi) is 4.49. The van der Waals surface area contributed by atoms with Gasteiger partial charge < -0.3 is 9.13 Å². The van der Waals surface area contributed by atoms with Gasteiger partial charge in [-0.2, -0.15) is 0 Å². The second-order valence-electron chi connectivity index (χ2n) is 9.62. The van der Waals surface area contributed by atoms with Gasteiger partial charge in [-0.25, -0.2) is 0 Å². The minimum Gasteiger partial charge on any atom is -0.317 e. The van der Waals surface area contributed by atoms with Crippen molar-refractivity contribution in [1.82, 2.24) is 19.1 Å². The highest BCUT2D eigenvalue weighted by atomic mass is 15.0. The van der Waals surface area contributed by atoms with Crippen molar-refractivity contribution in [2.24, 2.45) is 0 Å². The van der Waals surface area contributed by atoms with Crippen LogP contribution < -0.4 is 0 Å². The van der Waals surface area contributed by atoms with Gasteiger partial charge in [0.15, 0.2) is 0 Å². The van der Waals surface area contributed by atoms with E-state index in [4.69, 9.17) is 4.98 Å². The molecule has 8 rings (SSSR count). The zero-order chi connectivity index (χ0) is 25.1. The van der Waals surface area contributed by atoms with Crippen LogP contribution in [0.5, 0.6) is 0 Å². The smallest absolute Gasteiger partial charge is 0.0887 e. The summed E-state index contributed by atoms with van der Waals surface area (Å²) in [5.74, 6) is 0. The summed E-state index contributed by atoms with van der Waals surface area (Å²) < 4.78 is 4.58. The molecule has 178 valence electrons. The maximum Gasteiger partial charge on any atom is 0.0887 e. The van der Waals surface area contributed by atoms with E-state index in [-0.39, 0.29) is 0 Å². The highest BCUT2D eigenvalue weighted by Crippen LogP contribution is 2.36. The van der Waals surface area contributed by atoms with Crippen LogP contribution in [-0.4, -0.2) is 19.1 Å². The van der Waals surface area contributed by atoms with Crippen molar-refractivity contribution in [3.05, 3.63) is 134 Å². The first-order valence-electron chi connectivity index (χ1n) is 12.7. The number of nitrogens with zero attached hydrogens (tertiary/aromatic N) is 4. The molecule has 0 N–H and O–H groups in total. The molecule has 0 radical (unpaired) electrons. The van der Waals surface area contributed by atoms with Crippen molar-refractivity contribution in [1.29, 1.82) is 0 Å². The molecule has 0 amide bonds. The van der Waals surface area contributed by atoms with E-state index in [0.717, 1.165) is 22.8 Å². The van der Waals surface area contributed by atoms with E-state index < -0.39 is 0 Å². The quantitative estimate of drug-likeness (QED) is 0.252. The second kappa shape index (κ2) is 8.15. The molecule has 4 aromatic carbocycles. The monoisotopic (exact) mass is 486 g/mol. The van der Waals surface area contributed by atoms with Gasteiger partial charge in [0.25, 0.3) is 0 Å². The summed E-state index contributed by atoms with van der Waals surface area (Å²) in [5, 5.41) is 6.16. The Hall–Kier alpha value is -5.22. The zero-order valence-corrected chi connectivity index (χ0v) is 20.5. The van der Waals surface area contributed by atoms with Crippen molar-refractivity contribution in [2.75, 3.05) is 0 Å². The van der Waals surface area contributed by atoms with Crippen LogP contribution in [0, 0.1) is 0 Å². The number of rotatable bonds is 3. The molecule has 4 heterocycles. The fraction of sp³-hybridized carbons (Fsp3) is 0. The summed E-state index contributed by atoms with van der Waals surface area (Å²) in [6.07, 6.45) is 5.90. The Morgan fingerprint density at radius 3 is 2.11 bits per heavy atom. The fourth-order valence-corrected chi connectivity index (χ4v) is 5.62. The van der Waals surface area contributed by atoms with E-state index >= 15 is 0 Å². The van der Waals surface area contributed by atoms with Gasteiger partial charge in [-0.3, -0.25) is 9.97 Å². The predicted molar refractivity (Wildman–Crippen MR) is 156 cm³/mol. The molecule has 4 aromatic heterocycles. The van der Waals surface area contributed by atoms with Crippen molar-refractivity contribution in [3.63, 3.8) is 0 Å². The zero-order valence-electron chi connectivity index (χ0n) is 20.5. The van der Waals surface area contributed by atoms with Gasteiger partial charge in [0.05, 0.1) is 39.8 Å². The average molecular weight is 487 g/mol. The Morgan fingerprint density at radius 2 is 1.26 bits per heavy atom. The maximum absolute atomic E-state index is 4.77. The number of fused-ring (bicyclic) bond motifs is 5. The fourth-order valence-electron chi connectivity index (χ4n) is 5.62. The topological polar surface area (TPSA) is 35.6 Å². The lowest BCUT2D eigenvalue weighted by Crippen LogP contribution is -1.96. The largest absolute Gasteiger partial charge is 0.317 e. The lowest BCUT2D eigenvalue weighted by molar-refractivity contribution is 1.13. The molecule has 0 unspecified atom stereocenters. The van der Waals surface area contributed by atoms with Crippen LogP contribution >= 0.6 is 0 Å². The molecule has 0 atom stereocenters. The van der Waals surface area contributed by atoms with Crippen molar-refractivity contribution < 1.29 is 0 Å². The van der Waals surface area contributed by atoms with Crippen LogP contribution in [-0.2, 0) is 0 Å². The first kappa shape index (κ1) is 20.9. The van der Waals surface area contributed by atoms with Gasteiger partial charge in [0.2, 0.25) is 0 Å². The normalized spacial score (nSPS) is 11.7. The molecule has 38 heavy (non-hydrogen) atoms. The third-order valence-electron chi connectivity index (χ3n) is 7.41. The summed E-state index contributed by atoms with van der Waals surface area (Å²) in [6.45, 7) is 0. The molecular formula is C34H22N4. The SMILES string of the molecule is c1ccc(-n2ccc3cc4cc5c6ccccc6n(-c6ccc(-c7ccccn7)nc6)c5cc4cc32)cc1. The lowest BCUT2D eigenvalue weighted by atomic mass is 10.0. The summed E-state index contributed by atoms with van der Waals surface area (Å²) in [7, 11) is 0. The molecule has 0 fully saturated rings. The van der Waals surface area contributed by atoms with Gasteiger partial charge in [-0.1, -0.05) is 42.5 Å². The summed E-state index contributed by atoms with van der Waals surface area (Å²) in [4.78, 5) is 9.23. The van der Waals surface area contributed by atoms with E-state index in [0.29, 0.717) is 0 Å². The number of aromatic nitrogens is 4. The van der Waals surface area contributed by atoms with Crippen LogP contribution in [0.25, 0.3) is 66.2 Å². The van der Waals surface area contributed by atoms with Crippen LogP contribution in [0.15, 0.2) is 134 Å². The minimum absolute atomic E-state index is 0.865. The maximum atomic E-state index is 4.77. The Labute approximate surface area is 219 Å². The van der Waals surface area contributed by atoms with Crippen molar-refractivity contribution in [3.8, 4) is 22.8 Å². The molecule has 8 aromatic rings. The molecule has 4 nitrogen and oxygen atoms in total. The van der Waals surface area contributed by atoms with Crippen LogP contribution in [0.4, 0.5) is 0 Å². The summed E-state index contributed by atoms with van der Waals surface area (Å²) >= 11 is 0. The Balaban J connectivity index is 1.37. The van der Waals surface area contributed by atoms with Crippen LogP contribution in [0.2, 0.25) is 0 Å². The van der Waals surface area contributed by atoms with Crippen molar-refractivity contribution >= 4 is 43.5 Å². The highest BCUT2D eigenvalue weighted by Gasteiger charge is 2.15. The van der Waals surface area contributed by atoms with E-state index in [1.807, 2.05) is 24.4 Å². The molecule has 4 heteroatoms. The van der Waals surface area contributed by atoms with Gasteiger partial charge in [-0.05, 0) is 83.6 Å². The van der Waals surface area contributed by atoms with Crippen LogP contribution in [0.3, 0.4) is 0 Å². The van der Waals surface area contributed by atoms with E-state index in [2.05, 4.69) is 117 Å². The van der Waals surface area contributed by atoms with Gasteiger partial charge in [-0.15, -0.1) is 0 Å². The minimum atomic E-state index is 0.865. The second-order valence-corrected chi connectivity index (χ2v) is 9.62. The average Bonchev–Trinajstić information content (AvgIpc) is 3.54. The van der Waals surface area contributed by atoms with E-state index in [1.54, 1.807) is 6.20 Å². The summed E-state index contributed by atoms with van der Waals surface area (Å²) in [5.41, 5.74) is 7.47. The molecule has 0 spiro atoms. The standard InChI is InChI=1S/C34H22N4/c1-2-8-26(9-3-1)37-17-15-23-18-24-19-29-28-10-4-5-12-32(28)38(34(29)21-25(24)20-33(23)37)27-13-14-31(36-22-27)30-11-6-7-16-35-30/h1-22H. The Bertz CT molecular complexity index is 2100. The number of hydrogen-bond donors (Lipinski definition) is 0. The van der Waals surface area contributed by atoms with Crippen molar-refractivity contribution in [2.45, 2.75) is 0 Å². The van der Waals surface area contributed by atoms with E-state index in [9.17, 15) is 0 Å². The molecule has 0 aliphatic rings. The van der Waals surface area contributed by atoms with Gasteiger partial charge in [0, 0.05) is 34.2 Å². The third-order valence-corrected chi connectivity index (χ3v) is 7.41. The highest BCUT2D eigenvalue weighted by molar-refractivity contribution is 6.15.